The van der Waals surface area contributed by atoms with Crippen LogP contribution in [0.15, 0.2) is 33.3 Å². The molecule has 1 aromatic carbocycles. The zero-order valence-electron chi connectivity index (χ0n) is 21.6. The Morgan fingerprint density at radius 3 is 2.53 bits per heavy atom. The summed E-state index contributed by atoms with van der Waals surface area (Å²) in [5.41, 5.74) is 2.48. The van der Waals surface area contributed by atoms with Gasteiger partial charge in [-0.2, -0.15) is 8.78 Å². The maximum Gasteiger partial charge on any atom is 1.00 e. The number of nitrogens with zero attached hydrogens (tertiary/aromatic N) is 2. The molecule has 0 unspecified atom stereocenters. The van der Waals surface area contributed by atoms with Crippen molar-refractivity contribution in [1.82, 2.24) is 10.3 Å². The molecule has 12 heteroatoms. The second kappa shape index (κ2) is 12.3. The Labute approximate surface area is 245 Å². The third-order valence-electron chi connectivity index (χ3n) is 6.45. The molecular formula is C26H27ClF2N3NaO5. The van der Waals surface area contributed by atoms with E-state index in [1.807, 2.05) is 6.92 Å². The topological polar surface area (TPSA) is 121 Å². The third-order valence-corrected chi connectivity index (χ3v) is 6.76. The predicted molar refractivity (Wildman–Crippen MR) is 129 cm³/mol. The molecule has 0 radical (unpaired) electrons. The molecular weight excluding hydrogens is 531 g/mol. The van der Waals surface area contributed by atoms with Crippen molar-refractivity contribution in [1.29, 1.82) is 0 Å². The summed E-state index contributed by atoms with van der Waals surface area (Å²) in [5.74, 6) is -6.87. The van der Waals surface area contributed by atoms with Gasteiger partial charge in [-0.15, -0.1) is 0 Å². The van der Waals surface area contributed by atoms with Gasteiger partial charge in [-0.05, 0) is 56.2 Å². The minimum absolute atomic E-state index is 0. The van der Waals surface area contributed by atoms with E-state index >= 15 is 0 Å². The number of aliphatic carboxylic acids is 1. The average Bonchev–Trinajstić information content (AvgIpc) is 3.36. The van der Waals surface area contributed by atoms with Crippen molar-refractivity contribution < 1.29 is 62.1 Å². The molecule has 0 spiro atoms. The van der Waals surface area contributed by atoms with Gasteiger partial charge in [0.05, 0.1) is 16.4 Å². The molecule has 3 aromatic rings. The molecule has 4 rings (SSSR count). The van der Waals surface area contributed by atoms with E-state index in [1.54, 1.807) is 18.2 Å². The number of benzene rings is 1. The zero-order chi connectivity index (χ0) is 26.9. The summed E-state index contributed by atoms with van der Waals surface area (Å²) in [7, 11) is 0. The molecule has 1 atom stereocenters. The van der Waals surface area contributed by atoms with E-state index < -0.39 is 29.5 Å². The number of halogens is 3. The fraction of sp³-hybridized carbons (Fsp3) is 0.462. The fourth-order valence-electron chi connectivity index (χ4n) is 4.15. The van der Waals surface area contributed by atoms with Gasteiger partial charge in [0, 0.05) is 35.9 Å². The molecule has 2 heterocycles. The van der Waals surface area contributed by atoms with Crippen LogP contribution in [0, 0.1) is 12.8 Å². The summed E-state index contributed by atoms with van der Waals surface area (Å²) in [4.78, 5) is 24.2. The molecule has 1 amide bonds. The molecule has 38 heavy (non-hydrogen) atoms. The van der Waals surface area contributed by atoms with Crippen LogP contribution in [-0.4, -0.2) is 22.2 Å². The Morgan fingerprint density at radius 1 is 1.21 bits per heavy atom. The van der Waals surface area contributed by atoms with Crippen LogP contribution in [0.25, 0.3) is 11.5 Å². The molecule has 1 aliphatic rings. The first-order chi connectivity index (χ1) is 17.5. The van der Waals surface area contributed by atoms with Gasteiger partial charge in [-0.25, -0.2) is 0 Å². The summed E-state index contributed by atoms with van der Waals surface area (Å²) in [5, 5.41) is 22.3. The van der Waals surface area contributed by atoms with E-state index in [2.05, 4.69) is 15.6 Å². The van der Waals surface area contributed by atoms with Crippen LogP contribution >= 0.6 is 11.6 Å². The molecule has 1 N–H and O–H groups in total. The van der Waals surface area contributed by atoms with Crippen molar-refractivity contribution in [2.45, 2.75) is 70.6 Å². The van der Waals surface area contributed by atoms with Crippen LogP contribution in [-0.2, 0) is 15.5 Å². The van der Waals surface area contributed by atoms with Crippen LogP contribution in [0.5, 0.6) is 0 Å². The van der Waals surface area contributed by atoms with Crippen LogP contribution in [0.3, 0.4) is 0 Å². The monoisotopic (exact) mass is 557 g/mol. The number of aromatic nitrogens is 2. The molecule has 8 nitrogen and oxygen atoms in total. The molecule has 1 aliphatic carbocycles. The summed E-state index contributed by atoms with van der Waals surface area (Å²) in [6.07, 6.45) is 1.29. The van der Waals surface area contributed by atoms with E-state index in [-0.39, 0.29) is 72.1 Å². The quantitative estimate of drug-likeness (QED) is 0.360. The number of nitrogens with one attached hydrogen (secondary N) is 1. The molecule has 1 saturated carbocycles. The number of carboxylic acid groups (broad SMARTS) is 1. The maximum absolute atomic E-state index is 14.5. The van der Waals surface area contributed by atoms with Crippen molar-refractivity contribution in [3.63, 3.8) is 0 Å². The van der Waals surface area contributed by atoms with Gasteiger partial charge in [0.25, 0.3) is 0 Å². The average molecular weight is 558 g/mol. The first-order valence-corrected chi connectivity index (χ1v) is 12.5. The van der Waals surface area contributed by atoms with Crippen molar-refractivity contribution >= 4 is 29.2 Å². The first-order valence-electron chi connectivity index (χ1n) is 12.1. The SMILES string of the molecule is Cc1ccc(NC(=O)C[C@H](CCC(=O)[O-])c2noc(-c3cc(C(F)(F)C(C)C)on3)c2C2CC2)c(Cl)c1.[Na+]. The predicted octanol–water partition coefficient (Wildman–Crippen LogP) is 2.56. The number of anilines is 1. The van der Waals surface area contributed by atoms with Crippen LogP contribution in [0.4, 0.5) is 14.5 Å². The van der Waals surface area contributed by atoms with Crippen LogP contribution < -0.4 is 40.0 Å². The molecule has 1 fully saturated rings. The van der Waals surface area contributed by atoms with Crippen molar-refractivity contribution in [3.05, 3.63) is 51.9 Å². The van der Waals surface area contributed by atoms with E-state index in [0.29, 0.717) is 22.0 Å². The maximum atomic E-state index is 14.5. The summed E-state index contributed by atoms with van der Waals surface area (Å²) < 4.78 is 39.4. The number of carbonyl (C=O) groups excluding carboxylic acids is 2. The van der Waals surface area contributed by atoms with Crippen LogP contribution in [0.1, 0.15) is 80.4 Å². The molecule has 0 saturated heterocycles. The van der Waals surface area contributed by atoms with Crippen molar-refractivity contribution in [3.8, 4) is 11.5 Å². The van der Waals surface area contributed by atoms with Crippen molar-refractivity contribution in [2.75, 3.05) is 5.32 Å². The van der Waals surface area contributed by atoms with Gasteiger partial charge in [-0.1, -0.05) is 41.8 Å². The zero-order valence-corrected chi connectivity index (χ0v) is 24.4. The number of carboxylic acids is 1. The summed E-state index contributed by atoms with van der Waals surface area (Å²) in [6.45, 7) is 4.62. The molecule has 0 bridgehead atoms. The Hall–Kier alpha value is -2.27. The van der Waals surface area contributed by atoms with Gasteiger partial charge in [-0.3, -0.25) is 4.79 Å². The number of hydrogen-bond acceptors (Lipinski definition) is 7. The fourth-order valence-corrected chi connectivity index (χ4v) is 4.44. The molecule has 0 aliphatic heterocycles. The Balaban J connectivity index is 0.00000400. The summed E-state index contributed by atoms with van der Waals surface area (Å²) in [6, 6.07) is 6.34. The summed E-state index contributed by atoms with van der Waals surface area (Å²) >= 11 is 6.23. The van der Waals surface area contributed by atoms with E-state index in [9.17, 15) is 23.5 Å². The van der Waals surface area contributed by atoms with E-state index in [0.717, 1.165) is 24.5 Å². The minimum Gasteiger partial charge on any atom is -0.550 e. The second-order valence-electron chi connectivity index (χ2n) is 9.78. The van der Waals surface area contributed by atoms with E-state index in [4.69, 9.17) is 20.6 Å². The first kappa shape index (κ1) is 30.3. The van der Waals surface area contributed by atoms with Gasteiger partial charge in [0.2, 0.25) is 11.7 Å². The molecule has 198 valence electrons. The Bertz CT molecular complexity index is 1310. The number of carbonyl (C=O) groups is 2. The third kappa shape index (κ3) is 6.83. The number of amides is 1. The standard InChI is InChI=1S/C26H28ClF2N3O5.Na/c1-13(2)26(28,29)20-12-19(31-36-20)25-23(15-5-6-15)24(32-37-25)16(7-9-22(34)35)11-21(33)30-18-8-4-14(3)10-17(18)27;/h4,8,10,12-13,15-16H,5-7,9,11H2,1-3H3,(H,30,33)(H,34,35);/q;+1/p-1/t16-;/m0./s1. The number of aryl methyl sites for hydroxylation is 1. The van der Waals surface area contributed by atoms with Gasteiger partial charge in [0.1, 0.15) is 0 Å². The van der Waals surface area contributed by atoms with E-state index in [1.165, 1.54) is 13.8 Å². The number of rotatable bonds is 11. The largest absolute Gasteiger partial charge is 1.00 e. The van der Waals surface area contributed by atoms with Gasteiger partial charge in [0.15, 0.2) is 11.5 Å². The van der Waals surface area contributed by atoms with Gasteiger partial charge >= 0.3 is 35.5 Å². The number of hydrogen-bond donors (Lipinski definition) is 1. The Kier molecular flexibility index (Phi) is 9.78. The van der Waals surface area contributed by atoms with Crippen LogP contribution in [0.2, 0.25) is 5.02 Å². The molecule has 2 aromatic heterocycles. The smallest absolute Gasteiger partial charge is 0.550 e. The van der Waals surface area contributed by atoms with Gasteiger partial charge < -0.3 is 24.3 Å². The second-order valence-corrected chi connectivity index (χ2v) is 10.2. The van der Waals surface area contributed by atoms with Crippen molar-refractivity contribution in [2.24, 2.45) is 5.92 Å². The minimum atomic E-state index is -3.22. The normalized spacial score (nSPS) is 14.3. The number of alkyl halides is 2. The Morgan fingerprint density at radius 2 is 1.92 bits per heavy atom.